The number of hydrogen-bond acceptors (Lipinski definition) is 2. The first-order valence-corrected chi connectivity index (χ1v) is 9.50. The molecule has 0 saturated heterocycles. The van der Waals surface area contributed by atoms with E-state index in [2.05, 4.69) is 49.7 Å². The van der Waals surface area contributed by atoms with Crippen LogP contribution in [0.3, 0.4) is 0 Å². The molecule has 0 atom stereocenters. The Morgan fingerprint density at radius 3 is 1.25 bits per heavy atom. The maximum atomic E-state index is 5.74. The monoisotopic (exact) mass is 364 g/mol. The molecule has 2 heteroatoms. The Labute approximate surface area is 167 Å². The predicted octanol–water partition coefficient (Wildman–Crippen LogP) is 4.78. The molecule has 2 nitrogen and oxygen atoms in total. The maximum Gasteiger partial charge on any atom is 0.0314 e. The van der Waals surface area contributed by atoms with Crippen LogP contribution < -0.4 is 11.5 Å². The molecular formula is C26H24N2. The minimum atomic E-state index is 0.747. The van der Waals surface area contributed by atoms with E-state index in [1.54, 1.807) is 0 Å². The van der Waals surface area contributed by atoms with Gasteiger partial charge < -0.3 is 11.5 Å². The molecular weight excluding hydrogens is 340 g/mol. The van der Waals surface area contributed by atoms with Crippen LogP contribution in [0.15, 0.2) is 60.7 Å². The number of benzene rings is 3. The van der Waals surface area contributed by atoms with Crippen molar-refractivity contribution in [3.8, 4) is 23.7 Å². The molecule has 3 aromatic carbocycles. The van der Waals surface area contributed by atoms with Gasteiger partial charge >= 0.3 is 0 Å². The number of anilines is 2. The van der Waals surface area contributed by atoms with Crippen molar-refractivity contribution in [2.24, 2.45) is 0 Å². The summed E-state index contributed by atoms with van der Waals surface area (Å²) >= 11 is 0. The zero-order chi connectivity index (χ0) is 19.9. The normalized spacial score (nSPS) is 9.79. The topological polar surface area (TPSA) is 52.0 Å². The van der Waals surface area contributed by atoms with Crippen LogP contribution >= 0.6 is 0 Å². The molecule has 0 spiro atoms. The third-order valence-corrected chi connectivity index (χ3v) is 4.60. The molecule has 0 unspecified atom stereocenters. The van der Waals surface area contributed by atoms with Gasteiger partial charge in [-0.15, -0.1) is 0 Å². The molecule has 0 aliphatic rings. The van der Waals surface area contributed by atoms with Crippen molar-refractivity contribution in [1.82, 2.24) is 0 Å². The van der Waals surface area contributed by atoms with Crippen molar-refractivity contribution < 1.29 is 0 Å². The highest BCUT2D eigenvalue weighted by Gasteiger charge is 2.05. The van der Waals surface area contributed by atoms with Crippen LogP contribution in [0.1, 0.15) is 47.2 Å². The Morgan fingerprint density at radius 2 is 0.929 bits per heavy atom. The van der Waals surface area contributed by atoms with Crippen molar-refractivity contribution in [1.29, 1.82) is 0 Å². The summed E-state index contributed by atoms with van der Waals surface area (Å²) in [6.07, 6.45) is 1.82. The quantitative estimate of drug-likeness (QED) is 0.508. The fraction of sp³-hybridized carbons (Fsp3) is 0.154. The Balaban J connectivity index is 1.96. The van der Waals surface area contributed by atoms with E-state index < -0.39 is 0 Å². The number of aryl methyl sites for hydroxylation is 2. The van der Waals surface area contributed by atoms with E-state index in [4.69, 9.17) is 11.5 Å². The summed E-state index contributed by atoms with van der Waals surface area (Å²) < 4.78 is 0. The second kappa shape index (κ2) is 8.85. The lowest BCUT2D eigenvalue weighted by Gasteiger charge is -2.08. The highest BCUT2D eigenvalue weighted by Crippen LogP contribution is 2.18. The Bertz CT molecular complexity index is 993. The smallest absolute Gasteiger partial charge is 0.0314 e. The summed E-state index contributed by atoms with van der Waals surface area (Å²) in [5.41, 5.74) is 19.5. The lowest BCUT2D eigenvalue weighted by Crippen LogP contribution is -1.96. The van der Waals surface area contributed by atoms with Crippen LogP contribution in [0, 0.1) is 23.7 Å². The van der Waals surface area contributed by atoms with E-state index >= 15 is 0 Å². The lowest BCUT2D eigenvalue weighted by molar-refractivity contribution is 1.08. The lowest BCUT2D eigenvalue weighted by atomic mass is 9.95. The Kier molecular flexibility index (Phi) is 6.05. The van der Waals surface area contributed by atoms with E-state index in [1.807, 2.05) is 48.5 Å². The van der Waals surface area contributed by atoms with Gasteiger partial charge in [-0.1, -0.05) is 37.5 Å². The molecule has 0 fully saturated rings. The Morgan fingerprint density at radius 1 is 0.571 bits per heavy atom. The van der Waals surface area contributed by atoms with Gasteiger partial charge in [-0.3, -0.25) is 0 Å². The van der Waals surface area contributed by atoms with Gasteiger partial charge in [-0.05, 0) is 84.6 Å². The average molecular weight is 364 g/mol. The molecule has 0 radical (unpaired) electrons. The van der Waals surface area contributed by atoms with Crippen LogP contribution in [0.2, 0.25) is 0 Å². The van der Waals surface area contributed by atoms with Gasteiger partial charge in [0, 0.05) is 33.6 Å². The van der Waals surface area contributed by atoms with Crippen molar-refractivity contribution in [2.45, 2.75) is 26.7 Å². The molecule has 0 bridgehead atoms. The standard InChI is InChI=1S/C26H24N2/c1-3-21-17-24(12-6-20-9-15-26(28)16-10-20)22(4-2)18-23(21)11-5-19-7-13-25(27)14-8-19/h7-10,13-18H,3-4,27-28H2,1-2H3. The molecule has 0 aliphatic heterocycles. The van der Waals surface area contributed by atoms with Crippen molar-refractivity contribution >= 4 is 11.4 Å². The number of nitrogen functional groups attached to an aromatic ring is 2. The van der Waals surface area contributed by atoms with Crippen LogP contribution in [0.4, 0.5) is 11.4 Å². The largest absolute Gasteiger partial charge is 0.399 e. The van der Waals surface area contributed by atoms with E-state index in [0.717, 1.165) is 46.5 Å². The highest BCUT2D eigenvalue weighted by atomic mass is 14.5. The average Bonchev–Trinajstić information content (AvgIpc) is 2.72. The minimum absolute atomic E-state index is 0.747. The summed E-state index contributed by atoms with van der Waals surface area (Å²) in [5.74, 6) is 13.1. The first kappa shape index (κ1) is 19.2. The third kappa shape index (κ3) is 4.76. The zero-order valence-corrected chi connectivity index (χ0v) is 16.3. The van der Waals surface area contributed by atoms with E-state index in [0.29, 0.717) is 0 Å². The molecule has 4 N–H and O–H groups in total. The summed E-state index contributed by atoms with van der Waals surface area (Å²) in [6, 6.07) is 19.6. The first-order valence-electron chi connectivity index (χ1n) is 9.50. The van der Waals surface area contributed by atoms with Crippen LogP contribution in [0.5, 0.6) is 0 Å². The summed E-state index contributed by atoms with van der Waals surface area (Å²) in [7, 11) is 0. The van der Waals surface area contributed by atoms with E-state index in [9.17, 15) is 0 Å². The van der Waals surface area contributed by atoms with Gasteiger partial charge in [0.15, 0.2) is 0 Å². The fourth-order valence-corrected chi connectivity index (χ4v) is 2.92. The van der Waals surface area contributed by atoms with Crippen molar-refractivity contribution in [3.63, 3.8) is 0 Å². The van der Waals surface area contributed by atoms with Crippen molar-refractivity contribution in [2.75, 3.05) is 11.5 Å². The SMILES string of the molecule is CCc1cc(C#Cc2ccc(N)cc2)c(CC)cc1C#Cc1ccc(N)cc1. The van der Waals surface area contributed by atoms with Crippen LogP contribution in [-0.4, -0.2) is 0 Å². The Hall–Kier alpha value is -3.62. The van der Waals surface area contributed by atoms with Gasteiger partial charge in [-0.2, -0.15) is 0 Å². The number of hydrogen-bond donors (Lipinski definition) is 2. The summed E-state index contributed by atoms with van der Waals surface area (Å²) in [4.78, 5) is 0. The molecule has 0 saturated carbocycles. The third-order valence-electron chi connectivity index (χ3n) is 4.60. The molecule has 0 heterocycles. The van der Waals surface area contributed by atoms with E-state index in [-0.39, 0.29) is 0 Å². The van der Waals surface area contributed by atoms with Gasteiger partial charge in [0.25, 0.3) is 0 Å². The highest BCUT2D eigenvalue weighted by molar-refractivity contribution is 5.56. The summed E-state index contributed by atoms with van der Waals surface area (Å²) in [5, 5.41) is 0. The fourth-order valence-electron chi connectivity index (χ4n) is 2.92. The molecule has 138 valence electrons. The zero-order valence-electron chi connectivity index (χ0n) is 16.3. The number of nitrogens with two attached hydrogens (primary N) is 2. The molecule has 3 rings (SSSR count). The van der Waals surface area contributed by atoms with Gasteiger partial charge in [0.2, 0.25) is 0 Å². The molecule has 28 heavy (non-hydrogen) atoms. The second-order valence-corrected chi connectivity index (χ2v) is 6.62. The molecule has 0 amide bonds. The second-order valence-electron chi connectivity index (χ2n) is 6.62. The van der Waals surface area contributed by atoms with Gasteiger partial charge in [0.05, 0.1) is 0 Å². The molecule has 0 aromatic heterocycles. The summed E-state index contributed by atoms with van der Waals surface area (Å²) in [6.45, 7) is 4.29. The predicted molar refractivity (Wildman–Crippen MR) is 119 cm³/mol. The first-order chi connectivity index (χ1) is 13.6. The maximum absolute atomic E-state index is 5.74. The van der Waals surface area contributed by atoms with Crippen molar-refractivity contribution in [3.05, 3.63) is 94.0 Å². The van der Waals surface area contributed by atoms with E-state index in [1.165, 1.54) is 11.1 Å². The number of rotatable bonds is 2. The molecule has 0 aliphatic carbocycles. The van der Waals surface area contributed by atoms with Gasteiger partial charge in [0.1, 0.15) is 0 Å². The van der Waals surface area contributed by atoms with Gasteiger partial charge in [-0.25, -0.2) is 0 Å². The van der Waals surface area contributed by atoms with Crippen LogP contribution in [0.25, 0.3) is 0 Å². The minimum Gasteiger partial charge on any atom is -0.399 e. The van der Waals surface area contributed by atoms with Crippen LogP contribution in [-0.2, 0) is 12.8 Å². The molecule has 3 aromatic rings.